The summed E-state index contributed by atoms with van der Waals surface area (Å²) >= 11 is 6.70. The van der Waals surface area contributed by atoms with Crippen LogP contribution in [0.3, 0.4) is 0 Å². The number of nitrogens with one attached hydrogen (secondary N) is 1. The molecule has 11 heteroatoms. The molecule has 0 aliphatic carbocycles. The van der Waals surface area contributed by atoms with Crippen LogP contribution in [0.4, 0.5) is 20.2 Å². The SMILES string of the molecule is C[C@@]1(c2cccc(Nc3cccnc3OC(F)F)c2Cl)CC(=O)N(C2CCOCC2)C(N)=N1. The number of pyridine rings is 1. The van der Waals surface area contributed by atoms with Gasteiger partial charge in [0.15, 0.2) is 5.96 Å². The van der Waals surface area contributed by atoms with Crippen molar-refractivity contribution in [3.8, 4) is 5.88 Å². The van der Waals surface area contributed by atoms with Crippen LogP contribution in [0, 0.1) is 0 Å². The maximum atomic E-state index is 13.1. The van der Waals surface area contributed by atoms with Gasteiger partial charge in [0, 0.05) is 31.0 Å². The number of guanidine groups is 1. The molecule has 1 saturated heterocycles. The van der Waals surface area contributed by atoms with Crippen molar-refractivity contribution in [3.05, 3.63) is 47.1 Å². The molecule has 0 unspecified atom stereocenters. The molecule has 1 amide bonds. The molecular formula is C22H24ClF2N5O3. The van der Waals surface area contributed by atoms with Crippen molar-refractivity contribution in [1.29, 1.82) is 0 Å². The summed E-state index contributed by atoms with van der Waals surface area (Å²) in [6, 6.07) is 8.26. The molecule has 176 valence electrons. The first-order chi connectivity index (χ1) is 15.8. The number of alkyl halides is 2. The van der Waals surface area contributed by atoms with E-state index < -0.39 is 12.2 Å². The maximum Gasteiger partial charge on any atom is 0.388 e. The fourth-order valence-electron chi connectivity index (χ4n) is 4.20. The highest BCUT2D eigenvalue weighted by Crippen LogP contribution is 2.42. The molecule has 0 saturated carbocycles. The van der Waals surface area contributed by atoms with E-state index in [0.717, 1.165) is 0 Å². The van der Waals surface area contributed by atoms with Crippen LogP contribution in [-0.4, -0.2) is 47.6 Å². The van der Waals surface area contributed by atoms with Gasteiger partial charge in [-0.3, -0.25) is 9.69 Å². The van der Waals surface area contributed by atoms with Gasteiger partial charge >= 0.3 is 6.61 Å². The fourth-order valence-corrected chi connectivity index (χ4v) is 4.57. The molecule has 3 heterocycles. The quantitative estimate of drug-likeness (QED) is 0.648. The van der Waals surface area contributed by atoms with Crippen molar-refractivity contribution in [1.82, 2.24) is 9.88 Å². The molecule has 33 heavy (non-hydrogen) atoms. The normalized spacial score (nSPS) is 21.8. The highest BCUT2D eigenvalue weighted by atomic mass is 35.5. The average molecular weight is 480 g/mol. The Morgan fingerprint density at radius 3 is 2.70 bits per heavy atom. The lowest BCUT2D eigenvalue weighted by atomic mass is 9.86. The van der Waals surface area contributed by atoms with Gasteiger partial charge in [-0.2, -0.15) is 8.78 Å². The molecule has 2 aromatic rings. The first-order valence-electron chi connectivity index (χ1n) is 10.5. The minimum absolute atomic E-state index is 0.0399. The van der Waals surface area contributed by atoms with Crippen LogP contribution in [0.25, 0.3) is 0 Å². The second-order valence-electron chi connectivity index (χ2n) is 8.05. The van der Waals surface area contributed by atoms with E-state index in [2.05, 4.69) is 20.0 Å². The number of rotatable bonds is 6. The summed E-state index contributed by atoms with van der Waals surface area (Å²) in [6.45, 7) is -0.0845. The van der Waals surface area contributed by atoms with E-state index >= 15 is 0 Å². The number of benzene rings is 1. The Labute approximate surface area is 194 Å². The molecule has 0 bridgehead atoms. The van der Waals surface area contributed by atoms with Crippen molar-refractivity contribution < 1.29 is 23.0 Å². The third-order valence-electron chi connectivity index (χ3n) is 5.75. The van der Waals surface area contributed by atoms with Gasteiger partial charge in [-0.25, -0.2) is 9.98 Å². The van der Waals surface area contributed by atoms with Crippen LogP contribution in [0.5, 0.6) is 5.88 Å². The van der Waals surface area contributed by atoms with Crippen LogP contribution >= 0.6 is 11.6 Å². The molecule has 1 fully saturated rings. The van der Waals surface area contributed by atoms with E-state index in [0.29, 0.717) is 37.3 Å². The van der Waals surface area contributed by atoms with Gasteiger partial charge in [0.1, 0.15) is 5.69 Å². The zero-order valence-electron chi connectivity index (χ0n) is 17.9. The van der Waals surface area contributed by atoms with Gasteiger partial charge in [0.05, 0.1) is 22.7 Å². The number of aromatic nitrogens is 1. The lowest BCUT2D eigenvalue weighted by molar-refractivity contribution is -0.132. The summed E-state index contributed by atoms with van der Waals surface area (Å²) in [5.74, 6) is -0.247. The van der Waals surface area contributed by atoms with Gasteiger partial charge in [-0.1, -0.05) is 23.7 Å². The van der Waals surface area contributed by atoms with Gasteiger partial charge in [-0.05, 0) is 38.0 Å². The summed E-state index contributed by atoms with van der Waals surface area (Å²) in [4.78, 5) is 23.2. The minimum atomic E-state index is -3.02. The Bertz CT molecular complexity index is 1060. The van der Waals surface area contributed by atoms with E-state index in [1.54, 1.807) is 42.2 Å². The third-order valence-corrected chi connectivity index (χ3v) is 6.16. The number of halogens is 3. The zero-order chi connectivity index (χ0) is 23.6. The predicted octanol–water partition coefficient (Wildman–Crippen LogP) is 4.02. The lowest BCUT2D eigenvalue weighted by Crippen LogP contribution is -2.55. The number of hydrogen-bond acceptors (Lipinski definition) is 7. The molecule has 0 spiro atoms. The fraction of sp³-hybridized carbons (Fsp3) is 0.409. The van der Waals surface area contributed by atoms with Crippen LogP contribution in [0.1, 0.15) is 31.7 Å². The van der Waals surface area contributed by atoms with E-state index in [1.807, 2.05) is 0 Å². The minimum Gasteiger partial charge on any atom is -0.415 e. The Hall–Kier alpha value is -2.98. The summed E-state index contributed by atoms with van der Waals surface area (Å²) < 4.78 is 35.3. The van der Waals surface area contributed by atoms with Gasteiger partial charge in [0.2, 0.25) is 11.8 Å². The molecule has 8 nitrogen and oxygen atoms in total. The Kier molecular flexibility index (Phi) is 6.66. The smallest absolute Gasteiger partial charge is 0.388 e. The lowest BCUT2D eigenvalue weighted by Gasteiger charge is -2.40. The first-order valence-corrected chi connectivity index (χ1v) is 10.9. The second kappa shape index (κ2) is 9.48. The molecule has 2 aliphatic rings. The number of ether oxygens (including phenoxy) is 2. The standard InChI is InChI=1S/C22H24ClF2N5O3/c1-22(12-17(31)30(21(26)29-22)13-7-10-32-11-8-13)14-4-2-5-15(18(14)23)28-16-6-3-9-27-19(16)33-20(24)25/h2-6,9,13,20,28H,7-8,10-12H2,1H3,(H2,26,29)/t22-/m0/s1. The number of carbonyl (C=O) groups is 1. The monoisotopic (exact) mass is 479 g/mol. The van der Waals surface area contributed by atoms with Crippen LogP contribution in [0.15, 0.2) is 41.5 Å². The number of hydrogen-bond donors (Lipinski definition) is 2. The first kappa shape index (κ1) is 23.2. The zero-order valence-corrected chi connectivity index (χ0v) is 18.7. The maximum absolute atomic E-state index is 13.1. The molecule has 0 radical (unpaired) electrons. The Morgan fingerprint density at radius 2 is 2.00 bits per heavy atom. The number of aliphatic imine (C=N–C) groups is 1. The summed E-state index contributed by atoms with van der Waals surface area (Å²) in [6.07, 6.45) is 2.83. The second-order valence-corrected chi connectivity index (χ2v) is 8.43. The van der Waals surface area contributed by atoms with Gasteiger partial charge in [-0.15, -0.1) is 0 Å². The van der Waals surface area contributed by atoms with Crippen molar-refractivity contribution in [2.45, 2.75) is 44.4 Å². The third kappa shape index (κ3) is 4.86. The average Bonchev–Trinajstić information content (AvgIpc) is 2.76. The van der Waals surface area contributed by atoms with Crippen molar-refractivity contribution >= 4 is 34.8 Å². The van der Waals surface area contributed by atoms with Crippen LogP contribution in [-0.2, 0) is 15.1 Å². The molecule has 1 atom stereocenters. The van der Waals surface area contributed by atoms with E-state index in [4.69, 9.17) is 22.1 Å². The highest BCUT2D eigenvalue weighted by molar-refractivity contribution is 6.34. The number of nitrogens with two attached hydrogens (primary N) is 1. The van der Waals surface area contributed by atoms with Crippen molar-refractivity contribution in [2.75, 3.05) is 18.5 Å². The van der Waals surface area contributed by atoms with Crippen molar-refractivity contribution in [3.63, 3.8) is 0 Å². The molecule has 3 N–H and O–H groups in total. The number of anilines is 2. The predicted molar refractivity (Wildman–Crippen MR) is 120 cm³/mol. The molecule has 4 rings (SSSR count). The van der Waals surface area contributed by atoms with Crippen molar-refractivity contribution in [2.24, 2.45) is 10.7 Å². The number of nitrogens with zero attached hydrogens (tertiary/aromatic N) is 3. The molecule has 1 aromatic heterocycles. The summed E-state index contributed by atoms with van der Waals surface area (Å²) in [5.41, 5.74) is 6.48. The van der Waals surface area contributed by atoms with Crippen LogP contribution in [0.2, 0.25) is 5.02 Å². The number of amides is 1. The number of carbonyl (C=O) groups excluding carboxylic acids is 1. The summed E-state index contributed by atoms with van der Waals surface area (Å²) in [7, 11) is 0. The van der Waals surface area contributed by atoms with Crippen LogP contribution < -0.4 is 15.8 Å². The summed E-state index contributed by atoms with van der Waals surface area (Å²) in [5, 5.41) is 3.27. The van der Waals surface area contributed by atoms with Gasteiger partial charge in [0.25, 0.3) is 0 Å². The Balaban J connectivity index is 1.64. The molecule has 2 aliphatic heterocycles. The van der Waals surface area contributed by atoms with E-state index in [-0.39, 0.29) is 40.9 Å². The molecule has 1 aromatic carbocycles. The highest BCUT2D eigenvalue weighted by Gasteiger charge is 2.41. The van der Waals surface area contributed by atoms with Gasteiger partial charge < -0.3 is 20.5 Å². The molecular weight excluding hydrogens is 456 g/mol. The van der Waals surface area contributed by atoms with E-state index in [1.165, 1.54) is 6.20 Å². The topological polar surface area (TPSA) is 102 Å². The van der Waals surface area contributed by atoms with E-state index in [9.17, 15) is 13.6 Å². The Morgan fingerprint density at radius 1 is 1.27 bits per heavy atom. The largest absolute Gasteiger partial charge is 0.415 e.